The van der Waals surface area contributed by atoms with Crippen LogP contribution in [-0.4, -0.2) is 49.2 Å². The highest BCUT2D eigenvalue weighted by Crippen LogP contribution is 2.37. The van der Waals surface area contributed by atoms with E-state index in [0.29, 0.717) is 28.5 Å². The predicted octanol–water partition coefficient (Wildman–Crippen LogP) is 3.97. The second-order valence-corrected chi connectivity index (χ2v) is 8.00. The van der Waals surface area contributed by atoms with Crippen molar-refractivity contribution in [1.29, 1.82) is 5.41 Å². The van der Waals surface area contributed by atoms with Gasteiger partial charge in [0.25, 0.3) is 0 Å². The van der Waals surface area contributed by atoms with Gasteiger partial charge in [-0.1, -0.05) is 25.1 Å². The van der Waals surface area contributed by atoms with E-state index in [1.165, 1.54) is 16.9 Å². The quantitative estimate of drug-likeness (QED) is 0.586. The summed E-state index contributed by atoms with van der Waals surface area (Å²) in [5.74, 6) is 0.891. The Morgan fingerprint density at radius 2 is 2.14 bits per heavy atom. The van der Waals surface area contributed by atoms with Crippen LogP contribution in [0.4, 0.5) is 10.7 Å². The van der Waals surface area contributed by atoms with Crippen LogP contribution in [0.2, 0.25) is 0 Å². The van der Waals surface area contributed by atoms with Crippen molar-refractivity contribution < 1.29 is 11.0 Å². The number of benzene rings is 1. The first-order chi connectivity index (χ1) is 14.0. The van der Waals surface area contributed by atoms with Gasteiger partial charge < -0.3 is 15.0 Å². The number of carbonyl (C=O) groups is 1. The summed E-state index contributed by atoms with van der Waals surface area (Å²) in [4.78, 5) is 20.7. The second kappa shape index (κ2) is 9.76. The molecule has 2 aliphatic rings. The Bertz CT molecular complexity index is 882. The van der Waals surface area contributed by atoms with Crippen LogP contribution >= 0.6 is 11.3 Å². The Labute approximate surface area is 176 Å². The molecule has 0 saturated carbocycles. The van der Waals surface area contributed by atoms with Crippen molar-refractivity contribution >= 4 is 40.5 Å². The third-order valence-electron chi connectivity index (χ3n) is 5.03. The number of thiazole rings is 1. The number of amides is 1. The lowest BCUT2D eigenvalue weighted by atomic mass is 10.0. The minimum Gasteiger partial charge on any atom is -0.381 e. The molecule has 2 N–H and O–H groups in total. The number of fused-ring (bicyclic) bond motifs is 1. The average Bonchev–Trinajstić information content (AvgIpc) is 3.33. The van der Waals surface area contributed by atoms with Crippen LogP contribution in [-0.2, 0) is 9.53 Å². The molecular formula is C21H29N5O2S. The maximum absolute atomic E-state index is 10.6. The van der Waals surface area contributed by atoms with Gasteiger partial charge in [-0.05, 0) is 31.2 Å². The second-order valence-electron chi connectivity index (χ2n) is 7.17. The normalized spacial score (nSPS) is 18.4. The van der Waals surface area contributed by atoms with Crippen LogP contribution < -0.4 is 10.2 Å². The zero-order valence-corrected chi connectivity index (χ0v) is 17.7. The number of hydrogen-bond donors (Lipinski definition) is 2. The molecule has 1 fully saturated rings. The molecule has 1 unspecified atom stereocenters. The van der Waals surface area contributed by atoms with Gasteiger partial charge in [0.1, 0.15) is 10.7 Å². The summed E-state index contributed by atoms with van der Waals surface area (Å²) in [5, 5.41) is 12.0. The maximum Gasteiger partial charge on any atom is 0.217 e. The topological polar surface area (TPSA) is 90.7 Å². The van der Waals surface area contributed by atoms with Crippen LogP contribution in [0.3, 0.4) is 0 Å². The van der Waals surface area contributed by atoms with Crippen LogP contribution in [0.15, 0.2) is 34.8 Å². The van der Waals surface area contributed by atoms with Gasteiger partial charge in [-0.25, -0.2) is 4.98 Å². The molecule has 0 aliphatic carbocycles. The number of amidine groups is 1. The van der Waals surface area contributed by atoms with Crippen molar-refractivity contribution in [3.05, 3.63) is 41.0 Å². The van der Waals surface area contributed by atoms with Gasteiger partial charge >= 0.3 is 0 Å². The number of aromatic nitrogens is 1. The summed E-state index contributed by atoms with van der Waals surface area (Å²) >= 11 is 1.41. The van der Waals surface area contributed by atoms with E-state index in [-0.39, 0.29) is 7.33 Å². The number of rotatable bonds is 3. The summed E-state index contributed by atoms with van der Waals surface area (Å²) in [5.41, 5.74) is 4.71. The summed E-state index contributed by atoms with van der Waals surface area (Å²) in [6, 6.07) is 8.58. The summed E-state index contributed by atoms with van der Waals surface area (Å²) in [6.45, 7) is 9.65. The molecule has 2 aliphatic heterocycles. The Balaban J connectivity index is 0.000000249. The van der Waals surface area contributed by atoms with E-state index in [1.807, 2.05) is 17.0 Å². The third-order valence-corrected chi connectivity index (χ3v) is 5.79. The summed E-state index contributed by atoms with van der Waals surface area (Å²) in [6.07, 6.45) is 1.92. The van der Waals surface area contributed by atoms with Crippen LogP contribution in [0.5, 0.6) is 0 Å². The Hall–Kier alpha value is -2.58. The lowest BCUT2D eigenvalue weighted by molar-refractivity contribution is -0.120. The number of aliphatic imine (C=N–C) groups is 1. The lowest BCUT2D eigenvalue weighted by Crippen LogP contribution is -2.37. The van der Waals surface area contributed by atoms with E-state index in [2.05, 4.69) is 41.1 Å². The summed E-state index contributed by atoms with van der Waals surface area (Å²) in [7, 11) is 0. The zero-order chi connectivity index (χ0) is 20.8. The van der Waals surface area contributed by atoms with Gasteiger partial charge in [-0.3, -0.25) is 15.2 Å². The van der Waals surface area contributed by atoms with Gasteiger partial charge in [0.05, 0.1) is 5.51 Å². The van der Waals surface area contributed by atoms with Gasteiger partial charge in [-0.15, -0.1) is 11.3 Å². The first-order valence-electron chi connectivity index (χ1n) is 9.71. The molecule has 0 bridgehead atoms. The molecule has 1 aromatic heterocycles. The number of anilines is 1. The summed E-state index contributed by atoms with van der Waals surface area (Å²) < 4.78 is 5.13. The number of para-hydroxylation sites is 1. The Morgan fingerprint density at radius 1 is 1.41 bits per heavy atom. The first-order valence-corrected chi connectivity index (χ1v) is 10.6. The minimum atomic E-state index is 0. The molecule has 29 heavy (non-hydrogen) atoms. The third kappa shape index (κ3) is 5.07. The molecule has 7 nitrogen and oxygen atoms in total. The first kappa shape index (κ1) is 21.1. The standard InChI is InChI=1S/C14H14N4S.C7H13NO2.H2/c1-9-7-18(11-6-4-3-5-10(9)11)13(15)12-14(16-2)19-8-17-12;1-6(9)8-7-2-4-10-5-3-7;/h3-6,8-9,15H,2,7H2,1H3;7H,2-5H2,1H3,(H,8,9);1H. The highest BCUT2D eigenvalue weighted by molar-refractivity contribution is 7.14. The lowest BCUT2D eigenvalue weighted by Gasteiger charge is -2.22. The van der Waals surface area contributed by atoms with Gasteiger partial charge in [0, 0.05) is 45.8 Å². The van der Waals surface area contributed by atoms with Crippen molar-refractivity contribution in [3.8, 4) is 0 Å². The van der Waals surface area contributed by atoms with Crippen LogP contribution in [0.25, 0.3) is 0 Å². The fraction of sp³-hybridized carbons (Fsp3) is 0.429. The number of hydrogen-bond acceptors (Lipinski definition) is 6. The smallest absolute Gasteiger partial charge is 0.217 e. The largest absolute Gasteiger partial charge is 0.381 e. The Kier molecular flexibility index (Phi) is 7.11. The van der Waals surface area contributed by atoms with E-state index >= 15 is 0 Å². The minimum absolute atomic E-state index is 0. The van der Waals surface area contributed by atoms with Gasteiger partial charge in [-0.2, -0.15) is 0 Å². The predicted molar refractivity (Wildman–Crippen MR) is 120 cm³/mol. The number of carbonyl (C=O) groups excluding carboxylic acids is 1. The molecule has 4 rings (SSSR count). The van der Waals surface area contributed by atoms with Crippen molar-refractivity contribution in [2.75, 3.05) is 24.7 Å². The highest BCUT2D eigenvalue weighted by Gasteiger charge is 2.29. The molecule has 0 spiro atoms. The zero-order valence-electron chi connectivity index (χ0n) is 16.9. The molecule has 1 atom stereocenters. The van der Waals surface area contributed by atoms with Crippen LogP contribution in [0, 0.1) is 5.41 Å². The number of nitrogens with zero attached hydrogens (tertiary/aromatic N) is 3. The molecule has 2 aromatic rings. The monoisotopic (exact) mass is 415 g/mol. The van der Waals surface area contributed by atoms with E-state index in [4.69, 9.17) is 10.1 Å². The molecule has 8 heteroatoms. The number of ether oxygens (including phenoxy) is 1. The molecule has 1 saturated heterocycles. The average molecular weight is 416 g/mol. The number of nitrogens with one attached hydrogen (secondary N) is 2. The molecule has 0 radical (unpaired) electrons. The molecule has 1 aromatic carbocycles. The van der Waals surface area contributed by atoms with E-state index in [1.54, 1.807) is 12.4 Å². The van der Waals surface area contributed by atoms with E-state index in [9.17, 15) is 4.79 Å². The molecular weight excluding hydrogens is 386 g/mol. The SMILES string of the molecule is C=Nc1scnc1C(=N)N1CC(C)c2ccccc21.CC(=O)NC1CCOCC1.[HH]. The van der Waals surface area contributed by atoms with E-state index < -0.39 is 0 Å². The van der Waals surface area contributed by atoms with Crippen molar-refractivity contribution in [2.45, 2.75) is 38.6 Å². The molecule has 3 heterocycles. The van der Waals surface area contributed by atoms with Crippen LogP contribution in [0.1, 0.15) is 45.3 Å². The van der Waals surface area contributed by atoms with Crippen molar-refractivity contribution in [2.24, 2.45) is 4.99 Å². The van der Waals surface area contributed by atoms with Crippen molar-refractivity contribution in [1.82, 2.24) is 10.3 Å². The highest BCUT2D eigenvalue weighted by atomic mass is 32.1. The fourth-order valence-corrected chi connectivity index (χ4v) is 4.20. The van der Waals surface area contributed by atoms with E-state index in [0.717, 1.165) is 38.3 Å². The fourth-order valence-electron chi connectivity index (χ4n) is 3.60. The van der Waals surface area contributed by atoms with Crippen molar-refractivity contribution in [3.63, 3.8) is 0 Å². The maximum atomic E-state index is 10.6. The Morgan fingerprint density at radius 3 is 2.83 bits per heavy atom. The van der Waals surface area contributed by atoms with Gasteiger partial charge in [0.2, 0.25) is 5.91 Å². The van der Waals surface area contributed by atoms with Gasteiger partial charge in [0.15, 0.2) is 5.84 Å². The molecule has 1 amide bonds. The molecule has 156 valence electrons.